The van der Waals surface area contributed by atoms with Crippen molar-refractivity contribution in [1.29, 1.82) is 0 Å². The Hall–Kier alpha value is -3.05. The molecule has 1 aliphatic rings. The quantitative estimate of drug-likeness (QED) is 0.281. The molecule has 1 fully saturated rings. The molecule has 1 aliphatic heterocycles. The Labute approximate surface area is 264 Å². The smallest absolute Gasteiger partial charge is 0.387 e. The highest BCUT2D eigenvalue weighted by atomic mass is 35.5. The summed E-state index contributed by atoms with van der Waals surface area (Å²) in [6.45, 7) is 3.58. The zero-order valence-corrected chi connectivity index (χ0v) is 26.9. The maximum absolute atomic E-state index is 14.7. The van der Waals surface area contributed by atoms with Crippen LogP contribution in [0.25, 0.3) is 10.8 Å². The van der Waals surface area contributed by atoms with Crippen LogP contribution in [0.15, 0.2) is 66.7 Å². The van der Waals surface area contributed by atoms with Crippen LogP contribution in [0.5, 0.6) is 0 Å². The van der Waals surface area contributed by atoms with Crippen molar-refractivity contribution in [2.24, 2.45) is 5.73 Å². The van der Waals surface area contributed by atoms with Crippen molar-refractivity contribution in [3.05, 3.63) is 88.1 Å². The molecule has 9 nitrogen and oxygen atoms in total. The standard InChI is InChI=1S/C32H40ClN5O4.ClH/c1-6-38(42,29(39)21-37(3,4)5)36-22(2)17-18-35(32(41)30(36)25-14-10-15-26(33)19-25)28(31(34)40)20-24-13-9-12-23-11-7-8-16-27(23)24;/h7-16,19,22,28,30H,6,17-18,20-21H2,1-5H3,(H-,34,40);1H. The van der Waals surface area contributed by atoms with Crippen LogP contribution in [0.4, 0.5) is 0 Å². The summed E-state index contributed by atoms with van der Waals surface area (Å²) in [4.78, 5) is 42.9. The molecular weight excluding hydrogens is 589 g/mol. The monoisotopic (exact) mass is 629 g/mol. The SMILES string of the molecule is CC[N+]([O-])(C(=O)C[N+](C)(C)C)N1C(C)CCN(C(Cc2cccc3ccccc23)C(N)=O)C(=O)C1c1cccc(Cl)c1.[Cl-]. The molecule has 0 radical (unpaired) electrons. The second-order valence-electron chi connectivity index (χ2n) is 12.1. The Morgan fingerprint density at radius 3 is 2.35 bits per heavy atom. The van der Waals surface area contributed by atoms with Crippen LogP contribution in [0.1, 0.15) is 37.4 Å². The van der Waals surface area contributed by atoms with Gasteiger partial charge in [0.2, 0.25) is 5.91 Å². The minimum Gasteiger partial charge on any atom is -1.00 e. The number of quaternary nitrogens is 2. The van der Waals surface area contributed by atoms with Crippen molar-refractivity contribution in [2.75, 3.05) is 40.8 Å². The summed E-state index contributed by atoms with van der Waals surface area (Å²) in [5.41, 5.74) is 7.35. The minimum atomic E-state index is -1.31. The lowest BCUT2D eigenvalue weighted by molar-refractivity contribution is -0.948. The van der Waals surface area contributed by atoms with Gasteiger partial charge in [-0.1, -0.05) is 66.2 Å². The number of carbonyl (C=O) groups is 3. The first-order valence-electron chi connectivity index (χ1n) is 14.3. The van der Waals surface area contributed by atoms with E-state index < -0.39 is 40.6 Å². The van der Waals surface area contributed by atoms with Gasteiger partial charge in [0.15, 0.2) is 12.6 Å². The first-order valence-corrected chi connectivity index (χ1v) is 14.7. The number of carbonyl (C=O) groups excluding carboxylic acids is 3. The summed E-state index contributed by atoms with van der Waals surface area (Å²) in [5.74, 6) is -1.65. The molecule has 2 N–H and O–H groups in total. The van der Waals surface area contributed by atoms with Crippen LogP contribution in [0.3, 0.4) is 0 Å². The van der Waals surface area contributed by atoms with Crippen molar-refractivity contribution in [2.45, 2.75) is 44.8 Å². The molecule has 4 unspecified atom stereocenters. The molecule has 3 aromatic carbocycles. The molecule has 0 spiro atoms. The van der Waals surface area contributed by atoms with E-state index in [1.165, 1.54) is 9.91 Å². The van der Waals surface area contributed by atoms with Gasteiger partial charge in [-0.25, -0.2) is 9.55 Å². The number of amides is 3. The summed E-state index contributed by atoms with van der Waals surface area (Å²) >= 11 is 6.38. The average molecular weight is 631 g/mol. The van der Waals surface area contributed by atoms with E-state index >= 15 is 0 Å². The fraction of sp³-hybridized carbons (Fsp3) is 0.406. The van der Waals surface area contributed by atoms with E-state index in [0.29, 0.717) is 17.0 Å². The van der Waals surface area contributed by atoms with E-state index in [2.05, 4.69) is 0 Å². The van der Waals surface area contributed by atoms with Gasteiger partial charge in [0, 0.05) is 18.0 Å². The molecule has 1 saturated heterocycles. The molecule has 4 atom stereocenters. The summed E-state index contributed by atoms with van der Waals surface area (Å²) < 4.78 is -1.04. The average Bonchev–Trinajstić information content (AvgIpc) is 3.06. The van der Waals surface area contributed by atoms with Crippen LogP contribution < -0.4 is 18.1 Å². The van der Waals surface area contributed by atoms with Gasteiger partial charge in [-0.15, -0.1) is 5.01 Å². The molecule has 1 heterocycles. The number of halogens is 2. The second kappa shape index (κ2) is 13.7. The number of hydrogen-bond donors (Lipinski definition) is 1. The highest BCUT2D eigenvalue weighted by Gasteiger charge is 2.50. The van der Waals surface area contributed by atoms with Crippen LogP contribution in [-0.4, -0.2) is 89.7 Å². The molecule has 11 heteroatoms. The van der Waals surface area contributed by atoms with Crippen LogP contribution in [0, 0.1) is 5.21 Å². The molecule has 0 aliphatic carbocycles. The lowest BCUT2D eigenvalue weighted by Crippen LogP contribution is -3.00. The summed E-state index contributed by atoms with van der Waals surface area (Å²) in [7, 11) is 5.53. The number of primary amides is 1. The first kappa shape index (κ1) is 34.4. The predicted molar refractivity (Wildman–Crippen MR) is 165 cm³/mol. The Morgan fingerprint density at radius 2 is 1.72 bits per heavy atom. The fourth-order valence-corrected chi connectivity index (χ4v) is 6.11. The van der Waals surface area contributed by atoms with Crippen molar-refractivity contribution in [1.82, 2.24) is 9.91 Å². The zero-order valence-electron chi connectivity index (χ0n) is 25.4. The number of nitrogens with two attached hydrogens (primary N) is 1. The van der Waals surface area contributed by atoms with Gasteiger partial charge in [0.05, 0.1) is 27.2 Å². The molecule has 0 aromatic heterocycles. The molecule has 43 heavy (non-hydrogen) atoms. The molecule has 0 bridgehead atoms. The van der Waals surface area contributed by atoms with E-state index in [4.69, 9.17) is 17.3 Å². The summed E-state index contributed by atoms with van der Waals surface area (Å²) in [6, 6.07) is 17.9. The molecule has 3 aromatic rings. The Balaban J connectivity index is 0.00000506. The lowest BCUT2D eigenvalue weighted by Gasteiger charge is -2.51. The third-order valence-corrected chi connectivity index (χ3v) is 8.22. The number of hydroxylamine groups is 2. The fourth-order valence-electron chi connectivity index (χ4n) is 5.91. The largest absolute Gasteiger partial charge is 1.00 e. The number of rotatable bonds is 9. The van der Waals surface area contributed by atoms with Crippen molar-refractivity contribution < 1.29 is 36.0 Å². The summed E-state index contributed by atoms with van der Waals surface area (Å²) in [5, 5.41) is 18.5. The Morgan fingerprint density at radius 1 is 1.07 bits per heavy atom. The van der Waals surface area contributed by atoms with Crippen LogP contribution in [-0.2, 0) is 20.8 Å². The molecular formula is C32H41Cl2N5O4. The number of benzene rings is 3. The van der Waals surface area contributed by atoms with Gasteiger partial charge in [0.25, 0.3) is 5.91 Å². The molecule has 232 valence electrons. The van der Waals surface area contributed by atoms with Crippen LogP contribution >= 0.6 is 11.6 Å². The Kier molecular flexibility index (Phi) is 11.0. The minimum absolute atomic E-state index is 0. The predicted octanol–water partition coefficient (Wildman–Crippen LogP) is 1.04. The normalized spacial score (nSPS) is 20.2. The Bertz CT molecular complexity index is 1470. The second-order valence-corrected chi connectivity index (χ2v) is 12.6. The van der Waals surface area contributed by atoms with Crippen molar-refractivity contribution >= 4 is 40.1 Å². The van der Waals surface area contributed by atoms with Gasteiger partial charge >= 0.3 is 5.91 Å². The maximum Gasteiger partial charge on any atom is 0.387 e. The van der Waals surface area contributed by atoms with E-state index in [1.54, 1.807) is 31.2 Å². The van der Waals surface area contributed by atoms with Gasteiger partial charge in [-0.05, 0) is 54.3 Å². The van der Waals surface area contributed by atoms with Gasteiger partial charge in [-0.2, -0.15) is 0 Å². The van der Waals surface area contributed by atoms with Crippen LogP contribution in [0.2, 0.25) is 5.02 Å². The van der Waals surface area contributed by atoms with Gasteiger partial charge < -0.3 is 32.7 Å². The molecule has 0 saturated carbocycles. The lowest BCUT2D eigenvalue weighted by atomic mass is 9.96. The van der Waals surface area contributed by atoms with E-state index in [-0.39, 0.29) is 42.9 Å². The zero-order chi connectivity index (χ0) is 30.8. The first-order chi connectivity index (χ1) is 19.8. The summed E-state index contributed by atoms with van der Waals surface area (Å²) in [6.07, 6.45) is 0.576. The highest BCUT2D eigenvalue weighted by molar-refractivity contribution is 6.30. The van der Waals surface area contributed by atoms with Gasteiger partial charge in [0.1, 0.15) is 12.6 Å². The molecule has 3 amide bonds. The van der Waals surface area contributed by atoms with Crippen molar-refractivity contribution in [3.8, 4) is 0 Å². The van der Waals surface area contributed by atoms with E-state index in [9.17, 15) is 19.6 Å². The van der Waals surface area contributed by atoms with E-state index in [1.807, 2.05) is 70.5 Å². The number of fused-ring (bicyclic) bond motifs is 1. The van der Waals surface area contributed by atoms with Gasteiger partial charge in [-0.3, -0.25) is 9.59 Å². The topological polar surface area (TPSA) is 107 Å². The van der Waals surface area contributed by atoms with E-state index in [0.717, 1.165) is 16.3 Å². The highest BCUT2D eigenvalue weighted by Crippen LogP contribution is 2.37. The maximum atomic E-state index is 14.7. The van der Waals surface area contributed by atoms with Crippen molar-refractivity contribution in [3.63, 3.8) is 0 Å². The number of nitrogens with zero attached hydrogens (tertiary/aromatic N) is 4. The third kappa shape index (κ3) is 7.37. The number of hydrogen-bond acceptors (Lipinski definition) is 5. The third-order valence-electron chi connectivity index (χ3n) is 7.98. The molecule has 4 rings (SSSR count). The number of likely N-dealkylation sites (N-methyl/N-ethyl adjacent to an activating group) is 2.